The van der Waals surface area contributed by atoms with Gasteiger partial charge in [0.05, 0.1) is 5.60 Å². The van der Waals surface area contributed by atoms with Crippen LogP contribution in [0, 0.1) is 13.8 Å². The molecular formula is C20H23NO4. The summed E-state index contributed by atoms with van der Waals surface area (Å²) in [5, 5.41) is 20.2. The Morgan fingerprint density at radius 1 is 1.08 bits per heavy atom. The number of hydrogen-bond acceptors (Lipinski definition) is 3. The van der Waals surface area contributed by atoms with Gasteiger partial charge in [0.2, 0.25) is 0 Å². The van der Waals surface area contributed by atoms with Crippen LogP contribution in [0.25, 0.3) is 0 Å². The Balaban J connectivity index is 1.87. The van der Waals surface area contributed by atoms with Crippen molar-refractivity contribution in [1.29, 1.82) is 0 Å². The molecule has 5 heteroatoms. The molecule has 5 nitrogen and oxygen atoms in total. The highest BCUT2D eigenvalue weighted by atomic mass is 16.5. The van der Waals surface area contributed by atoms with Crippen LogP contribution in [0.5, 0.6) is 11.5 Å². The van der Waals surface area contributed by atoms with Gasteiger partial charge in [-0.2, -0.15) is 0 Å². The maximum absolute atomic E-state index is 11.1. The Kier molecular flexibility index (Phi) is 4.68. The monoisotopic (exact) mass is 341 g/mol. The number of piperidine rings is 1. The minimum Gasteiger partial charge on any atom is -0.465 e. The molecule has 2 aromatic rings. The minimum absolute atomic E-state index is 0.309. The number of aliphatic hydroxyl groups is 1. The molecule has 1 heterocycles. The van der Waals surface area contributed by atoms with Crippen LogP contribution in [0.15, 0.2) is 42.5 Å². The van der Waals surface area contributed by atoms with E-state index in [-0.39, 0.29) is 0 Å². The van der Waals surface area contributed by atoms with Crippen molar-refractivity contribution in [1.82, 2.24) is 4.90 Å². The lowest BCUT2D eigenvalue weighted by Crippen LogP contribution is -2.44. The third kappa shape index (κ3) is 3.61. The molecule has 25 heavy (non-hydrogen) atoms. The van der Waals surface area contributed by atoms with E-state index < -0.39 is 11.7 Å². The Bertz CT molecular complexity index is 779. The van der Waals surface area contributed by atoms with Gasteiger partial charge in [-0.05, 0) is 44.4 Å². The van der Waals surface area contributed by atoms with Crippen LogP contribution >= 0.6 is 0 Å². The molecule has 2 N–H and O–H groups in total. The summed E-state index contributed by atoms with van der Waals surface area (Å²) < 4.78 is 6.10. The smallest absolute Gasteiger partial charge is 0.407 e. The number of benzene rings is 2. The van der Waals surface area contributed by atoms with E-state index in [1.165, 1.54) is 4.90 Å². The number of ether oxygens (including phenoxy) is 1. The molecule has 0 unspecified atom stereocenters. The van der Waals surface area contributed by atoms with Gasteiger partial charge in [-0.25, -0.2) is 4.79 Å². The van der Waals surface area contributed by atoms with Crippen LogP contribution in [0.1, 0.15) is 29.5 Å². The van der Waals surface area contributed by atoms with Gasteiger partial charge >= 0.3 is 6.09 Å². The number of carbonyl (C=O) groups is 1. The second-order valence-corrected chi connectivity index (χ2v) is 6.67. The van der Waals surface area contributed by atoms with E-state index in [2.05, 4.69) is 6.07 Å². The highest BCUT2D eigenvalue weighted by Gasteiger charge is 2.37. The highest BCUT2D eigenvalue weighted by molar-refractivity contribution is 5.65. The van der Waals surface area contributed by atoms with Crippen LogP contribution in [0.2, 0.25) is 0 Å². The lowest BCUT2D eigenvalue weighted by Gasteiger charge is -2.38. The van der Waals surface area contributed by atoms with E-state index in [0.717, 1.165) is 16.9 Å². The Morgan fingerprint density at radius 3 is 2.40 bits per heavy atom. The predicted octanol–water partition coefficient (Wildman–Crippen LogP) is 4.06. The van der Waals surface area contributed by atoms with Crippen LogP contribution < -0.4 is 4.74 Å². The van der Waals surface area contributed by atoms with Crippen molar-refractivity contribution in [2.75, 3.05) is 13.1 Å². The molecule has 1 aliphatic heterocycles. The molecule has 0 saturated carbocycles. The van der Waals surface area contributed by atoms with Crippen molar-refractivity contribution in [2.24, 2.45) is 0 Å². The van der Waals surface area contributed by atoms with Crippen LogP contribution in [-0.4, -0.2) is 34.3 Å². The Morgan fingerprint density at radius 2 is 1.76 bits per heavy atom. The standard InChI is InChI=1S/C20H23NO4/c1-14-7-8-17(15(2)13-14)25-18-6-4-3-5-16(18)20(24)9-11-21(12-10-20)19(22)23/h3-8,13,24H,9-12H2,1-2H3,(H,22,23). The molecule has 1 amide bonds. The predicted molar refractivity (Wildman–Crippen MR) is 95.2 cm³/mol. The number of hydrogen-bond donors (Lipinski definition) is 2. The topological polar surface area (TPSA) is 70.0 Å². The summed E-state index contributed by atoms with van der Waals surface area (Å²) in [6.07, 6.45) is -0.235. The first-order chi connectivity index (χ1) is 11.9. The molecule has 2 aromatic carbocycles. The largest absolute Gasteiger partial charge is 0.465 e. The van der Waals surface area contributed by atoms with Gasteiger partial charge in [0, 0.05) is 18.7 Å². The second kappa shape index (κ2) is 6.76. The fourth-order valence-corrected chi connectivity index (χ4v) is 3.31. The molecule has 1 fully saturated rings. The molecule has 0 aromatic heterocycles. The van der Waals surface area contributed by atoms with E-state index in [4.69, 9.17) is 9.84 Å². The zero-order chi connectivity index (χ0) is 18.0. The SMILES string of the molecule is Cc1ccc(Oc2ccccc2C2(O)CCN(C(=O)O)CC2)c(C)c1. The van der Waals surface area contributed by atoms with Gasteiger partial charge in [0.1, 0.15) is 11.5 Å². The van der Waals surface area contributed by atoms with Crippen molar-refractivity contribution in [3.63, 3.8) is 0 Å². The molecule has 0 radical (unpaired) electrons. The molecule has 132 valence electrons. The first-order valence-corrected chi connectivity index (χ1v) is 8.44. The van der Waals surface area contributed by atoms with Crippen molar-refractivity contribution >= 4 is 6.09 Å². The van der Waals surface area contributed by atoms with E-state index in [0.29, 0.717) is 37.2 Å². The quantitative estimate of drug-likeness (QED) is 0.883. The lowest BCUT2D eigenvalue weighted by atomic mass is 9.84. The van der Waals surface area contributed by atoms with Crippen molar-refractivity contribution in [3.8, 4) is 11.5 Å². The second-order valence-electron chi connectivity index (χ2n) is 6.67. The average molecular weight is 341 g/mol. The average Bonchev–Trinajstić information content (AvgIpc) is 2.58. The third-order valence-electron chi connectivity index (χ3n) is 4.80. The zero-order valence-corrected chi connectivity index (χ0v) is 14.5. The number of carboxylic acid groups (broad SMARTS) is 1. The first kappa shape index (κ1) is 17.3. The summed E-state index contributed by atoms with van der Waals surface area (Å²) >= 11 is 0. The van der Waals surface area contributed by atoms with E-state index >= 15 is 0 Å². The van der Waals surface area contributed by atoms with E-state index in [1.807, 2.05) is 50.2 Å². The number of nitrogens with zero attached hydrogens (tertiary/aromatic N) is 1. The summed E-state index contributed by atoms with van der Waals surface area (Å²) in [4.78, 5) is 12.4. The molecule has 0 spiro atoms. The molecule has 0 atom stereocenters. The summed E-state index contributed by atoms with van der Waals surface area (Å²) in [5.41, 5.74) is 1.82. The number of para-hydroxylation sites is 1. The summed E-state index contributed by atoms with van der Waals surface area (Å²) in [7, 11) is 0. The van der Waals surface area contributed by atoms with Crippen LogP contribution in [0.4, 0.5) is 4.79 Å². The molecule has 1 aliphatic rings. The van der Waals surface area contributed by atoms with Crippen molar-refractivity contribution in [3.05, 3.63) is 59.2 Å². The highest BCUT2D eigenvalue weighted by Crippen LogP contribution is 2.40. The van der Waals surface area contributed by atoms with E-state index in [1.54, 1.807) is 0 Å². The summed E-state index contributed by atoms with van der Waals surface area (Å²) in [6, 6.07) is 13.4. The van der Waals surface area contributed by atoms with Crippen LogP contribution in [0.3, 0.4) is 0 Å². The lowest BCUT2D eigenvalue weighted by molar-refractivity contribution is -0.0225. The third-order valence-corrected chi connectivity index (χ3v) is 4.80. The number of amides is 1. The minimum atomic E-state index is -1.08. The normalized spacial score (nSPS) is 16.5. The van der Waals surface area contributed by atoms with Gasteiger partial charge in [-0.1, -0.05) is 35.9 Å². The molecular weight excluding hydrogens is 318 g/mol. The Labute approximate surface area is 147 Å². The molecule has 3 rings (SSSR count). The molecule has 0 bridgehead atoms. The van der Waals surface area contributed by atoms with Gasteiger partial charge in [0.15, 0.2) is 0 Å². The van der Waals surface area contributed by atoms with Crippen molar-refractivity contribution in [2.45, 2.75) is 32.3 Å². The molecule has 0 aliphatic carbocycles. The maximum Gasteiger partial charge on any atom is 0.407 e. The van der Waals surface area contributed by atoms with Gasteiger partial charge in [-0.3, -0.25) is 0 Å². The van der Waals surface area contributed by atoms with Gasteiger partial charge < -0.3 is 19.8 Å². The fourth-order valence-electron chi connectivity index (χ4n) is 3.31. The maximum atomic E-state index is 11.1. The number of rotatable bonds is 3. The van der Waals surface area contributed by atoms with E-state index in [9.17, 15) is 9.90 Å². The number of likely N-dealkylation sites (tertiary alicyclic amines) is 1. The summed E-state index contributed by atoms with van der Waals surface area (Å²) in [5.74, 6) is 1.37. The zero-order valence-electron chi connectivity index (χ0n) is 14.5. The van der Waals surface area contributed by atoms with Gasteiger partial charge in [-0.15, -0.1) is 0 Å². The summed E-state index contributed by atoms with van der Waals surface area (Å²) in [6.45, 7) is 4.64. The Hall–Kier alpha value is -2.53. The fraction of sp³-hybridized carbons (Fsp3) is 0.350. The molecule has 1 saturated heterocycles. The van der Waals surface area contributed by atoms with Crippen molar-refractivity contribution < 1.29 is 19.7 Å². The number of aryl methyl sites for hydroxylation is 2. The van der Waals surface area contributed by atoms with Gasteiger partial charge in [0.25, 0.3) is 0 Å². The first-order valence-electron chi connectivity index (χ1n) is 8.44. The van der Waals surface area contributed by atoms with Crippen LogP contribution in [-0.2, 0) is 5.60 Å².